The highest BCUT2D eigenvalue weighted by Crippen LogP contribution is 2.30. The number of hydrogen-bond donors (Lipinski definition) is 2. The molecule has 1 aliphatic rings. The Morgan fingerprint density at radius 1 is 0.970 bits per heavy atom. The molecule has 2 atom stereocenters. The molecule has 1 fully saturated rings. The van der Waals surface area contributed by atoms with E-state index in [1.54, 1.807) is 17.5 Å². The zero-order valence-corrected chi connectivity index (χ0v) is 19.5. The van der Waals surface area contributed by atoms with E-state index in [0.29, 0.717) is 5.69 Å². The molecule has 8 heteroatoms. The van der Waals surface area contributed by atoms with Crippen molar-refractivity contribution in [2.45, 2.75) is 25.6 Å². The summed E-state index contributed by atoms with van der Waals surface area (Å²) in [5, 5.41) is 7.63. The monoisotopic (exact) mass is 463 g/mol. The molecule has 0 radical (unpaired) electrons. The molecule has 0 aliphatic carbocycles. The van der Waals surface area contributed by atoms with E-state index in [0.717, 1.165) is 26.2 Å². The lowest BCUT2D eigenvalue weighted by atomic mass is 10.0. The van der Waals surface area contributed by atoms with Crippen LogP contribution in [0, 0.1) is 0 Å². The normalized spacial score (nSPS) is 16.1. The summed E-state index contributed by atoms with van der Waals surface area (Å²) in [5.74, 6) is -1.27. The number of aromatic nitrogens is 1. The second-order valence-corrected chi connectivity index (χ2v) is 9.06. The van der Waals surface area contributed by atoms with E-state index in [1.165, 1.54) is 10.6 Å². The minimum atomic E-state index is -0.647. The van der Waals surface area contributed by atoms with E-state index in [2.05, 4.69) is 61.1 Å². The Morgan fingerprint density at radius 2 is 1.73 bits per heavy atom. The van der Waals surface area contributed by atoms with Gasteiger partial charge in [0.25, 0.3) is 0 Å². The molecule has 0 bridgehead atoms. The molecule has 0 spiro atoms. The van der Waals surface area contributed by atoms with Crippen LogP contribution in [0.15, 0.2) is 72.2 Å². The maximum atomic E-state index is 12.6. The number of anilines is 1. The molecule has 0 unspecified atom stereocenters. The topological polar surface area (TPSA) is 77.6 Å². The summed E-state index contributed by atoms with van der Waals surface area (Å²) in [4.78, 5) is 35.1. The summed E-state index contributed by atoms with van der Waals surface area (Å²) >= 11 is 1.68. The van der Waals surface area contributed by atoms with Gasteiger partial charge >= 0.3 is 11.8 Å². The van der Waals surface area contributed by atoms with Gasteiger partial charge in [-0.15, -0.1) is 11.3 Å². The van der Waals surface area contributed by atoms with Crippen molar-refractivity contribution in [3.63, 3.8) is 0 Å². The maximum absolute atomic E-state index is 12.6. The summed E-state index contributed by atoms with van der Waals surface area (Å²) in [6, 6.07) is 19.8. The van der Waals surface area contributed by atoms with Crippen LogP contribution >= 0.6 is 11.3 Å². The van der Waals surface area contributed by atoms with Crippen molar-refractivity contribution in [3.8, 4) is 0 Å². The highest BCUT2D eigenvalue weighted by atomic mass is 32.1. The van der Waals surface area contributed by atoms with Gasteiger partial charge in [0, 0.05) is 49.0 Å². The summed E-state index contributed by atoms with van der Waals surface area (Å²) in [6.07, 6.45) is 1.66. The summed E-state index contributed by atoms with van der Waals surface area (Å²) in [7, 11) is 0. The fourth-order valence-corrected chi connectivity index (χ4v) is 5.17. The summed E-state index contributed by atoms with van der Waals surface area (Å²) in [6.45, 7) is 5.77. The van der Waals surface area contributed by atoms with Crippen molar-refractivity contribution in [2.75, 3.05) is 31.1 Å². The molecule has 172 valence electrons. The average molecular weight is 464 g/mol. The third kappa shape index (κ3) is 5.97. The quantitative estimate of drug-likeness (QED) is 0.527. The Balaban J connectivity index is 1.37. The minimum absolute atomic E-state index is 0.00969. The molecule has 0 saturated carbocycles. The van der Waals surface area contributed by atoms with Gasteiger partial charge in [-0.05, 0) is 42.6 Å². The first-order valence-electron chi connectivity index (χ1n) is 11.2. The van der Waals surface area contributed by atoms with Gasteiger partial charge in [-0.1, -0.05) is 30.3 Å². The number of carbonyl (C=O) groups is 2. The molecule has 2 N–H and O–H groups in total. The standard InChI is InChI=1S/C25H29N5O2S/c1-19(28-25(32)24(31)27-18-20-8-5-6-12-26-20)23(22-11-7-17-33-22)30-15-13-29(14-16-30)21-9-3-2-4-10-21/h2-12,17,19,23H,13-16,18H2,1H3,(H,27,31)(H,28,32)/t19-,23-/m1/s1. The number of benzene rings is 1. The van der Waals surface area contributed by atoms with Gasteiger partial charge in [0.1, 0.15) is 0 Å². The Labute approximate surface area is 198 Å². The largest absolute Gasteiger partial charge is 0.369 e. The molecule has 33 heavy (non-hydrogen) atoms. The number of nitrogens with zero attached hydrogens (tertiary/aromatic N) is 3. The Kier molecular flexibility index (Phi) is 7.70. The van der Waals surface area contributed by atoms with Crippen molar-refractivity contribution >= 4 is 28.8 Å². The number of thiophene rings is 1. The highest BCUT2D eigenvalue weighted by molar-refractivity contribution is 7.10. The lowest BCUT2D eigenvalue weighted by molar-refractivity contribution is -0.140. The fraction of sp³-hybridized carbons (Fsp3) is 0.320. The number of amides is 2. The number of nitrogens with one attached hydrogen (secondary N) is 2. The van der Waals surface area contributed by atoms with Gasteiger partial charge < -0.3 is 15.5 Å². The van der Waals surface area contributed by atoms with E-state index in [9.17, 15) is 9.59 Å². The second kappa shape index (κ2) is 11.1. The van der Waals surface area contributed by atoms with E-state index in [4.69, 9.17) is 0 Å². The van der Waals surface area contributed by atoms with Gasteiger partial charge in [-0.3, -0.25) is 19.5 Å². The predicted octanol–water partition coefficient (Wildman–Crippen LogP) is 2.83. The first-order chi connectivity index (χ1) is 16.1. The number of piperazine rings is 1. The molecule has 3 aromatic rings. The zero-order chi connectivity index (χ0) is 23.0. The lowest BCUT2D eigenvalue weighted by Gasteiger charge is -2.42. The van der Waals surface area contributed by atoms with Gasteiger partial charge in [-0.2, -0.15) is 0 Å². The van der Waals surface area contributed by atoms with Crippen LogP contribution in [0.5, 0.6) is 0 Å². The smallest absolute Gasteiger partial charge is 0.309 e. The van der Waals surface area contributed by atoms with Crippen molar-refractivity contribution in [1.82, 2.24) is 20.5 Å². The number of carbonyl (C=O) groups excluding carboxylic acids is 2. The lowest BCUT2D eigenvalue weighted by Crippen LogP contribution is -2.53. The molecule has 1 saturated heterocycles. The molecule has 1 aliphatic heterocycles. The zero-order valence-electron chi connectivity index (χ0n) is 18.7. The van der Waals surface area contributed by atoms with Crippen LogP contribution in [0.2, 0.25) is 0 Å². The predicted molar refractivity (Wildman–Crippen MR) is 131 cm³/mol. The Bertz CT molecular complexity index is 1020. The molecular formula is C25H29N5O2S. The van der Waals surface area contributed by atoms with Gasteiger partial charge in [0.05, 0.1) is 18.3 Å². The first kappa shape index (κ1) is 22.9. The van der Waals surface area contributed by atoms with Crippen LogP contribution in [0.3, 0.4) is 0 Å². The molecule has 2 amide bonds. The van der Waals surface area contributed by atoms with Crippen LogP contribution in [0.25, 0.3) is 0 Å². The van der Waals surface area contributed by atoms with Crippen molar-refractivity contribution < 1.29 is 9.59 Å². The summed E-state index contributed by atoms with van der Waals surface area (Å²) in [5.41, 5.74) is 1.94. The second-order valence-electron chi connectivity index (χ2n) is 8.08. The van der Waals surface area contributed by atoms with Crippen molar-refractivity contribution in [3.05, 3.63) is 82.8 Å². The van der Waals surface area contributed by atoms with Crippen molar-refractivity contribution in [2.24, 2.45) is 0 Å². The molecule has 4 rings (SSSR count). The SMILES string of the molecule is C[C@@H](NC(=O)C(=O)NCc1ccccn1)[C@H](c1cccs1)N1CCN(c2ccccc2)CC1. The highest BCUT2D eigenvalue weighted by Gasteiger charge is 2.31. The van der Waals surface area contributed by atoms with Crippen LogP contribution in [-0.4, -0.2) is 53.9 Å². The molecule has 2 aromatic heterocycles. The van der Waals surface area contributed by atoms with Crippen LogP contribution < -0.4 is 15.5 Å². The number of para-hydroxylation sites is 1. The minimum Gasteiger partial charge on any atom is -0.369 e. The average Bonchev–Trinajstić information content (AvgIpc) is 3.38. The third-order valence-corrected chi connectivity index (χ3v) is 6.80. The van der Waals surface area contributed by atoms with Gasteiger partial charge in [0.2, 0.25) is 0 Å². The van der Waals surface area contributed by atoms with E-state index >= 15 is 0 Å². The number of hydrogen-bond acceptors (Lipinski definition) is 6. The molecular weight excluding hydrogens is 434 g/mol. The molecule has 1 aromatic carbocycles. The summed E-state index contributed by atoms with van der Waals surface area (Å²) < 4.78 is 0. The number of pyridine rings is 1. The Hall–Kier alpha value is -3.23. The van der Waals surface area contributed by atoms with Gasteiger partial charge in [-0.25, -0.2) is 0 Å². The molecule has 7 nitrogen and oxygen atoms in total. The van der Waals surface area contributed by atoms with Crippen LogP contribution in [0.1, 0.15) is 23.5 Å². The maximum Gasteiger partial charge on any atom is 0.309 e. The molecule has 3 heterocycles. The van der Waals surface area contributed by atoms with E-state index in [1.807, 2.05) is 37.3 Å². The Morgan fingerprint density at radius 3 is 2.39 bits per heavy atom. The third-order valence-electron chi connectivity index (χ3n) is 5.86. The van der Waals surface area contributed by atoms with Crippen molar-refractivity contribution in [1.29, 1.82) is 0 Å². The fourth-order valence-electron chi connectivity index (χ4n) is 4.20. The van der Waals surface area contributed by atoms with E-state index < -0.39 is 11.8 Å². The van der Waals surface area contributed by atoms with Crippen LogP contribution in [-0.2, 0) is 16.1 Å². The van der Waals surface area contributed by atoms with E-state index in [-0.39, 0.29) is 18.6 Å². The van der Waals surface area contributed by atoms with Gasteiger partial charge in [0.15, 0.2) is 0 Å². The number of rotatable bonds is 7. The first-order valence-corrected chi connectivity index (χ1v) is 12.1. The van der Waals surface area contributed by atoms with Crippen LogP contribution in [0.4, 0.5) is 5.69 Å².